The summed E-state index contributed by atoms with van der Waals surface area (Å²) in [6.45, 7) is 4.48. The van der Waals surface area contributed by atoms with E-state index >= 15 is 0 Å². The molecule has 1 aliphatic rings. The van der Waals surface area contributed by atoms with Crippen LogP contribution in [0.5, 0.6) is 0 Å². The molecule has 0 aromatic carbocycles. The SMILES string of the molecule is CC1(C)CC=C(/C=C/C=O)C1. The zero-order valence-electron chi connectivity index (χ0n) is 7.13. The minimum Gasteiger partial charge on any atom is -0.299 e. The van der Waals surface area contributed by atoms with Gasteiger partial charge in [0.1, 0.15) is 6.29 Å². The molecule has 1 nitrogen and oxygen atoms in total. The number of hydrogen-bond donors (Lipinski definition) is 0. The predicted molar refractivity (Wildman–Crippen MR) is 46.3 cm³/mol. The summed E-state index contributed by atoms with van der Waals surface area (Å²) in [4.78, 5) is 10.0. The van der Waals surface area contributed by atoms with Crippen LogP contribution in [0, 0.1) is 5.41 Å². The Morgan fingerprint density at radius 3 is 2.73 bits per heavy atom. The van der Waals surface area contributed by atoms with Crippen molar-refractivity contribution in [3.05, 3.63) is 23.8 Å². The number of carbonyl (C=O) groups excluding carboxylic acids is 1. The summed E-state index contributed by atoms with van der Waals surface area (Å²) in [6.07, 6.45) is 8.73. The van der Waals surface area contributed by atoms with Crippen molar-refractivity contribution in [1.82, 2.24) is 0 Å². The van der Waals surface area contributed by atoms with Crippen LogP contribution in [-0.4, -0.2) is 6.29 Å². The van der Waals surface area contributed by atoms with Gasteiger partial charge in [0.2, 0.25) is 0 Å². The van der Waals surface area contributed by atoms with Crippen molar-refractivity contribution in [2.45, 2.75) is 26.7 Å². The molecule has 0 atom stereocenters. The van der Waals surface area contributed by atoms with Gasteiger partial charge in [-0.25, -0.2) is 0 Å². The highest BCUT2D eigenvalue weighted by atomic mass is 16.1. The van der Waals surface area contributed by atoms with Crippen LogP contribution in [-0.2, 0) is 4.79 Å². The first-order valence-corrected chi connectivity index (χ1v) is 3.95. The number of carbonyl (C=O) groups is 1. The fourth-order valence-electron chi connectivity index (χ4n) is 1.39. The largest absolute Gasteiger partial charge is 0.299 e. The Morgan fingerprint density at radius 1 is 1.55 bits per heavy atom. The van der Waals surface area contributed by atoms with Crippen molar-refractivity contribution >= 4 is 6.29 Å². The normalized spacial score (nSPS) is 22.2. The third-order valence-corrected chi connectivity index (χ3v) is 1.99. The highest BCUT2D eigenvalue weighted by Crippen LogP contribution is 2.36. The molecular formula is C10H14O. The van der Waals surface area contributed by atoms with Gasteiger partial charge in [0, 0.05) is 0 Å². The van der Waals surface area contributed by atoms with Gasteiger partial charge in [-0.1, -0.05) is 31.6 Å². The van der Waals surface area contributed by atoms with Gasteiger partial charge in [0.05, 0.1) is 0 Å². The summed E-state index contributed by atoms with van der Waals surface area (Å²) in [7, 11) is 0. The second-order valence-corrected chi connectivity index (χ2v) is 3.82. The minimum absolute atomic E-state index is 0.405. The molecule has 11 heavy (non-hydrogen) atoms. The molecule has 0 saturated heterocycles. The van der Waals surface area contributed by atoms with Crippen LogP contribution < -0.4 is 0 Å². The summed E-state index contributed by atoms with van der Waals surface area (Å²) in [5.41, 5.74) is 1.70. The topological polar surface area (TPSA) is 17.1 Å². The molecule has 0 bridgehead atoms. The van der Waals surface area contributed by atoms with Gasteiger partial charge in [0.25, 0.3) is 0 Å². The third-order valence-electron chi connectivity index (χ3n) is 1.99. The summed E-state index contributed by atoms with van der Waals surface area (Å²) in [5.74, 6) is 0. The van der Waals surface area contributed by atoms with Crippen molar-refractivity contribution in [3.8, 4) is 0 Å². The fraction of sp³-hybridized carbons (Fsp3) is 0.500. The van der Waals surface area contributed by atoms with Crippen molar-refractivity contribution < 1.29 is 4.79 Å². The Balaban J connectivity index is 2.53. The molecule has 60 valence electrons. The molecule has 0 unspecified atom stereocenters. The number of allylic oxidation sites excluding steroid dienone is 4. The monoisotopic (exact) mass is 150 g/mol. The molecule has 0 aromatic rings. The van der Waals surface area contributed by atoms with Gasteiger partial charge in [-0.05, 0) is 24.3 Å². The second-order valence-electron chi connectivity index (χ2n) is 3.82. The van der Waals surface area contributed by atoms with E-state index in [1.54, 1.807) is 6.08 Å². The quantitative estimate of drug-likeness (QED) is 0.436. The smallest absolute Gasteiger partial charge is 0.142 e. The van der Waals surface area contributed by atoms with Gasteiger partial charge in [-0.3, -0.25) is 4.79 Å². The van der Waals surface area contributed by atoms with Gasteiger partial charge in [-0.2, -0.15) is 0 Å². The van der Waals surface area contributed by atoms with Crippen LogP contribution in [0.15, 0.2) is 23.8 Å². The van der Waals surface area contributed by atoms with E-state index in [0.29, 0.717) is 5.41 Å². The van der Waals surface area contributed by atoms with Crippen molar-refractivity contribution in [3.63, 3.8) is 0 Å². The molecule has 1 heteroatoms. The standard InChI is InChI=1S/C10H14O/c1-10(2)6-5-9(8-10)4-3-7-11/h3-5,7H,6,8H2,1-2H3/b4-3+. The first-order valence-electron chi connectivity index (χ1n) is 3.95. The van der Waals surface area contributed by atoms with E-state index in [0.717, 1.165) is 19.1 Å². The minimum atomic E-state index is 0.405. The molecule has 0 aliphatic heterocycles. The second kappa shape index (κ2) is 3.04. The van der Waals surface area contributed by atoms with Crippen LogP contribution in [0.25, 0.3) is 0 Å². The fourth-order valence-corrected chi connectivity index (χ4v) is 1.39. The van der Waals surface area contributed by atoms with E-state index in [9.17, 15) is 4.79 Å². The molecular weight excluding hydrogens is 136 g/mol. The highest BCUT2D eigenvalue weighted by molar-refractivity contribution is 5.65. The molecule has 0 aromatic heterocycles. The Bertz CT molecular complexity index is 209. The van der Waals surface area contributed by atoms with Crippen molar-refractivity contribution in [1.29, 1.82) is 0 Å². The van der Waals surface area contributed by atoms with E-state index in [1.165, 1.54) is 5.57 Å². The molecule has 1 rings (SSSR count). The molecule has 0 amide bonds. The lowest BCUT2D eigenvalue weighted by Gasteiger charge is -2.15. The van der Waals surface area contributed by atoms with E-state index in [1.807, 2.05) is 6.08 Å². The molecule has 0 heterocycles. The maximum atomic E-state index is 10.0. The average Bonchev–Trinajstić information content (AvgIpc) is 2.26. The summed E-state index contributed by atoms with van der Waals surface area (Å²) in [5, 5.41) is 0. The van der Waals surface area contributed by atoms with Gasteiger partial charge < -0.3 is 0 Å². The van der Waals surface area contributed by atoms with Crippen molar-refractivity contribution in [2.75, 3.05) is 0 Å². The van der Waals surface area contributed by atoms with Gasteiger partial charge >= 0.3 is 0 Å². The van der Waals surface area contributed by atoms with Gasteiger partial charge in [-0.15, -0.1) is 0 Å². The van der Waals surface area contributed by atoms with Gasteiger partial charge in [0.15, 0.2) is 0 Å². The summed E-state index contributed by atoms with van der Waals surface area (Å²) in [6, 6.07) is 0. The zero-order chi connectivity index (χ0) is 8.32. The van der Waals surface area contributed by atoms with E-state index in [-0.39, 0.29) is 0 Å². The highest BCUT2D eigenvalue weighted by Gasteiger charge is 2.22. The predicted octanol–water partition coefficient (Wildman–Crippen LogP) is 2.49. The third kappa shape index (κ3) is 2.34. The summed E-state index contributed by atoms with van der Waals surface area (Å²) < 4.78 is 0. The van der Waals surface area contributed by atoms with E-state index in [4.69, 9.17) is 0 Å². The lowest BCUT2D eigenvalue weighted by atomic mass is 9.90. The average molecular weight is 150 g/mol. The Labute approximate surface area is 67.8 Å². The molecule has 1 aliphatic carbocycles. The number of aldehydes is 1. The molecule has 0 radical (unpaired) electrons. The molecule has 0 saturated carbocycles. The Morgan fingerprint density at radius 2 is 2.27 bits per heavy atom. The maximum absolute atomic E-state index is 10.0. The maximum Gasteiger partial charge on any atom is 0.142 e. The Hall–Kier alpha value is -0.850. The first-order chi connectivity index (χ1) is 5.14. The molecule has 0 fully saturated rings. The van der Waals surface area contributed by atoms with Crippen LogP contribution >= 0.6 is 0 Å². The van der Waals surface area contributed by atoms with Crippen LogP contribution in [0.1, 0.15) is 26.7 Å². The van der Waals surface area contributed by atoms with Crippen LogP contribution in [0.4, 0.5) is 0 Å². The summed E-state index contributed by atoms with van der Waals surface area (Å²) >= 11 is 0. The van der Waals surface area contributed by atoms with E-state index < -0.39 is 0 Å². The van der Waals surface area contributed by atoms with E-state index in [2.05, 4.69) is 19.9 Å². The number of hydrogen-bond acceptors (Lipinski definition) is 1. The lowest BCUT2D eigenvalue weighted by Crippen LogP contribution is -2.04. The molecule has 0 spiro atoms. The Kier molecular flexibility index (Phi) is 2.28. The van der Waals surface area contributed by atoms with Crippen molar-refractivity contribution in [2.24, 2.45) is 5.41 Å². The molecule has 0 N–H and O–H groups in total. The van der Waals surface area contributed by atoms with Crippen LogP contribution in [0.2, 0.25) is 0 Å². The van der Waals surface area contributed by atoms with Crippen LogP contribution in [0.3, 0.4) is 0 Å². The lowest BCUT2D eigenvalue weighted by molar-refractivity contribution is -0.104. The zero-order valence-corrected chi connectivity index (χ0v) is 7.13. The number of rotatable bonds is 2. The first kappa shape index (κ1) is 8.25.